The van der Waals surface area contributed by atoms with Crippen LogP contribution >= 0.6 is 0 Å². The molecule has 0 radical (unpaired) electrons. The van der Waals surface area contributed by atoms with Gasteiger partial charge in [0.2, 0.25) is 0 Å². The molecule has 28 heavy (non-hydrogen) atoms. The maximum atomic E-state index is 12.2. The Kier molecular flexibility index (Phi) is 4.26. The highest BCUT2D eigenvalue weighted by atomic mass is 16.8. The highest BCUT2D eigenvalue weighted by Crippen LogP contribution is 2.48. The number of hydrogen-bond donors (Lipinski definition) is 1. The molecule has 1 heterocycles. The van der Waals surface area contributed by atoms with Gasteiger partial charge in [0.25, 0.3) is 11.8 Å². The summed E-state index contributed by atoms with van der Waals surface area (Å²) in [5, 5.41) is 34.3. The van der Waals surface area contributed by atoms with Crippen LogP contribution in [0.4, 0.5) is 0 Å². The van der Waals surface area contributed by atoms with Crippen LogP contribution in [0.25, 0.3) is 0 Å². The molecule has 0 spiro atoms. The van der Waals surface area contributed by atoms with Crippen LogP contribution in [0, 0.1) is 21.2 Å². The summed E-state index contributed by atoms with van der Waals surface area (Å²) in [6, 6.07) is 14.4. The van der Waals surface area contributed by atoms with Crippen LogP contribution < -0.4 is 0 Å². The predicted molar refractivity (Wildman–Crippen MR) is 103 cm³/mol. The minimum atomic E-state index is -1.15. The number of amidine groups is 1. The van der Waals surface area contributed by atoms with Gasteiger partial charge in [-0.3, -0.25) is 20.3 Å². The summed E-state index contributed by atoms with van der Waals surface area (Å²) in [7, 11) is 3.66. The quantitative estimate of drug-likeness (QED) is 0.373. The van der Waals surface area contributed by atoms with Crippen molar-refractivity contribution in [3.05, 3.63) is 86.6 Å². The van der Waals surface area contributed by atoms with E-state index < -0.39 is 23.9 Å². The lowest BCUT2D eigenvalue weighted by atomic mass is 9.66. The van der Waals surface area contributed by atoms with Crippen molar-refractivity contribution in [2.75, 3.05) is 14.1 Å². The number of benzene rings is 2. The molecule has 2 aliphatic rings. The molecule has 144 valence electrons. The van der Waals surface area contributed by atoms with Gasteiger partial charge >= 0.3 is 0 Å². The highest BCUT2D eigenvalue weighted by molar-refractivity contribution is 6.07. The Hall–Kier alpha value is -3.42. The van der Waals surface area contributed by atoms with Gasteiger partial charge in [0, 0.05) is 23.9 Å². The van der Waals surface area contributed by atoms with Crippen LogP contribution in [0.15, 0.2) is 59.6 Å². The molecule has 4 rings (SSSR count). The van der Waals surface area contributed by atoms with Crippen LogP contribution in [0.2, 0.25) is 0 Å². The molecule has 1 aliphatic heterocycles. The summed E-state index contributed by atoms with van der Waals surface area (Å²) in [4.78, 5) is 18.1. The molecule has 2 aromatic carbocycles. The maximum absolute atomic E-state index is 12.2. The van der Waals surface area contributed by atoms with Crippen molar-refractivity contribution < 1.29 is 15.0 Å². The van der Waals surface area contributed by atoms with Gasteiger partial charge in [-0.1, -0.05) is 48.5 Å². The zero-order valence-corrected chi connectivity index (χ0v) is 15.5. The zero-order valence-electron chi connectivity index (χ0n) is 15.5. The first-order valence-electron chi connectivity index (χ1n) is 8.97. The summed E-state index contributed by atoms with van der Waals surface area (Å²) in [5.41, 5.74) is 1.91. The van der Waals surface area contributed by atoms with Gasteiger partial charge in [-0.25, -0.2) is 0 Å². The average molecular weight is 380 g/mol. The molecule has 1 aliphatic carbocycles. The second-order valence-corrected chi connectivity index (χ2v) is 7.26. The first-order valence-corrected chi connectivity index (χ1v) is 8.97. The van der Waals surface area contributed by atoms with Crippen LogP contribution in [0.5, 0.6) is 0 Å². The zero-order chi connectivity index (χ0) is 20.0. The maximum Gasteiger partial charge on any atom is 0.263 e. The monoisotopic (exact) mass is 380 g/mol. The van der Waals surface area contributed by atoms with Gasteiger partial charge in [0.15, 0.2) is 0 Å². The first-order chi connectivity index (χ1) is 13.4. The van der Waals surface area contributed by atoms with Crippen molar-refractivity contribution >= 4 is 11.5 Å². The van der Waals surface area contributed by atoms with Gasteiger partial charge in [-0.2, -0.15) is 0 Å². The Morgan fingerprint density at radius 1 is 1.04 bits per heavy atom. The van der Waals surface area contributed by atoms with Crippen LogP contribution in [0.3, 0.4) is 0 Å². The van der Waals surface area contributed by atoms with Crippen molar-refractivity contribution in [2.45, 2.75) is 18.0 Å². The van der Waals surface area contributed by atoms with E-state index in [1.165, 1.54) is 0 Å². The molecule has 0 aromatic heterocycles. The van der Waals surface area contributed by atoms with Crippen LogP contribution in [0.1, 0.15) is 28.7 Å². The third-order valence-electron chi connectivity index (χ3n) is 5.54. The second-order valence-electron chi connectivity index (χ2n) is 7.26. The van der Waals surface area contributed by atoms with E-state index in [-0.39, 0.29) is 15.5 Å². The fourth-order valence-corrected chi connectivity index (χ4v) is 4.48. The molecule has 0 fully saturated rings. The van der Waals surface area contributed by atoms with Crippen molar-refractivity contribution in [1.82, 2.24) is 4.90 Å². The Labute approximate surface area is 161 Å². The van der Waals surface area contributed by atoms with Gasteiger partial charge in [-0.05, 0) is 17.2 Å². The molecule has 4 atom stereocenters. The second kappa shape index (κ2) is 6.63. The van der Waals surface area contributed by atoms with E-state index in [2.05, 4.69) is 0 Å². The van der Waals surface area contributed by atoms with E-state index in [4.69, 9.17) is 4.99 Å². The summed E-state index contributed by atoms with van der Waals surface area (Å²) in [5.74, 6) is -0.738. The van der Waals surface area contributed by atoms with Crippen molar-refractivity contribution in [3.63, 3.8) is 0 Å². The fraction of sp³-hybridized carbons (Fsp3) is 0.300. The van der Waals surface area contributed by atoms with Gasteiger partial charge in [0.05, 0.1) is 11.5 Å². The number of nitrogens with zero attached hydrogens (tertiary/aromatic N) is 4. The predicted octanol–water partition coefficient (Wildman–Crippen LogP) is 2.45. The van der Waals surface area contributed by atoms with E-state index in [1.807, 2.05) is 49.3 Å². The lowest BCUT2D eigenvalue weighted by Crippen LogP contribution is -2.54. The molecule has 8 nitrogen and oxygen atoms in total. The van der Waals surface area contributed by atoms with Gasteiger partial charge in [-0.15, -0.1) is 0 Å². The standard InChI is InChI=1S/C20H20N4O4/c1-22(2)20-15(12-8-4-3-5-9-12)16-18(23(25)26)14-11-7-6-10-13(14)17(21-20)19(16)24(27)28/h3-11,15-17,19H,1-2H3,(H,25,26). The van der Waals surface area contributed by atoms with E-state index in [1.54, 1.807) is 24.3 Å². The number of aliphatic imine (C=N–C) groups is 1. The molecule has 0 amide bonds. The van der Waals surface area contributed by atoms with Crippen molar-refractivity contribution in [3.8, 4) is 0 Å². The molecule has 2 bridgehead atoms. The lowest BCUT2D eigenvalue weighted by molar-refractivity contribution is -0.728. The normalized spacial score (nSPS) is 27.4. The Morgan fingerprint density at radius 2 is 1.68 bits per heavy atom. The highest BCUT2D eigenvalue weighted by Gasteiger charge is 2.60. The first kappa shape index (κ1) is 18.0. The number of nitro groups is 1. The molecule has 2 aromatic rings. The number of hydrogen-bond acceptors (Lipinski definition) is 6. The third-order valence-corrected chi connectivity index (χ3v) is 5.54. The number of fused-ring (bicyclic) bond motifs is 4. The molecule has 0 saturated carbocycles. The van der Waals surface area contributed by atoms with E-state index in [0.29, 0.717) is 17.0 Å². The van der Waals surface area contributed by atoms with Gasteiger partial charge < -0.3 is 10.1 Å². The topological polar surface area (TPSA) is 105 Å². The Morgan fingerprint density at radius 3 is 2.29 bits per heavy atom. The van der Waals surface area contributed by atoms with Crippen LogP contribution in [-0.2, 0) is 0 Å². The fourth-order valence-electron chi connectivity index (χ4n) is 4.48. The largest absolute Gasteiger partial charge is 0.417 e. The Bertz CT molecular complexity index is 983. The number of rotatable bonds is 2. The minimum absolute atomic E-state index is 0.0108. The molecule has 1 N–H and O–H groups in total. The average Bonchev–Trinajstić information content (AvgIpc) is 2.67. The number of likely N-dealkylation sites (N-methyl/N-ethyl adjacent to an activating group) is 1. The third kappa shape index (κ3) is 2.60. The van der Waals surface area contributed by atoms with Crippen LogP contribution in [-0.4, -0.2) is 51.6 Å². The molecule has 0 saturated heterocycles. The molecular formula is C20H20N4O4. The summed E-state index contributed by atoms with van der Waals surface area (Å²) >= 11 is 0. The SMILES string of the molecule is CN(C)C1=NC2c3ccccc3/C(=[N+](\[O-])O)C(C1c1ccccc1)C2[N+](=O)[O-]. The molecule has 4 unspecified atom stereocenters. The van der Waals surface area contributed by atoms with E-state index in [0.717, 1.165) is 5.56 Å². The van der Waals surface area contributed by atoms with E-state index >= 15 is 0 Å². The van der Waals surface area contributed by atoms with Crippen molar-refractivity contribution in [1.29, 1.82) is 0 Å². The molecule has 8 heteroatoms. The van der Waals surface area contributed by atoms with Crippen molar-refractivity contribution in [2.24, 2.45) is 10.9 Å². The Balaban J connectivity index is 2.07. The summed E-state index contributed by atoms with van der Waals surface area (Å²) in [6.07, 6.45) is 0. The summed E-state index contributed by atoms with van der Waals surface area (Å²) < 4.78 is 0. The smallest absolute Gasteiger partial charge is 0.263 e. The lowest BCUT2D eigenvalue weighted by Gasteiger charge is -2.41. The van der Waals surface area contributed by atoms with Gasteiger partial charge in [0.1, 0.15) is 17.8 Å². The summed E-state index contributed by atoms with van der Waals surface area (Å²) in [6.45, 7) is 0. The van der Waals surface area contributed by atoms with E-state index in [9.17, 15) is 20.5 Å². The molecular weight excluding hydrogens is 360 g/mol. The minimum Gasteiger partial charge on any atom is -0.417 e.